The molecule has 0 saturated heterocycles. The van der Waals surface area contributed by atoms with Crippen molar-refractivity contribution in [3.8, 4) is 0 Å². The van der Waals surface area contributed by atoms with E-state index in [1.54, 1.807) is 19.2 Å². The number of aromatic nitrogens is 2. The Morgan fingerprint density at radius 3 is 2.71 bits per heavy atom. The van der Waals surface area contributed by atoms with Gasteiger partial charge in [-0.1, -0.05) is 0 Å². The molecule has 8 heteroatoms. The van der Waals surface area contributed by atoms with Gasteiger partial charge in [-0.05, 0) is 24.3 Å². The van der Waals surface area contributed by atoms with Gasteiger partial charge in [-0.15, -0.1) is 0 Å². The van der Waals surface area contributed by atoms with Crippen molar-refractivity contribution in [2.24, 2.45) is 7.05 Å². The third-order valence-electron chi connectivity index (χ3n) is 3.47. The summed E-state index contributed by atoms with van der Waals surface area (Å²) in [5.74, 6) is -0.0884. The largest absolute Gasteiger partial charge is 0.318 e. The highest BCUT2D eigenvalue weighted by Gasteiger charge is 2.10. The van der Waals surface area contributed by atoms with E-state index in [2.05, 4.69) is 10.3 Å². The first-order chi connectivity index (χ1) is 11.4. The number of nitrogens with one attached hydrogen (secondary N) is 1. The average Bonchev–Trinajstić information content (AvgIpc) is 2.56. The summed E-state index contributed by atoms with van der Waals surface area (Å²) in [4.78, 5) is 38.1. The third kappa shape index (κ3) is 2.98. The number of benzene rings is 1. The van der Waals surface area contributed by atoms with Crippen molar-refractivity contribution in [2.75, 3.05) is 5.32 Å². The van der Waals surface area contributed by atoms with Gasteiger partial charge in [0.05, 0.1) is 16.0 Å². The van der Waals surface area contributed by atoms with Crippen LogP contribution >= 0.6 is 0 Å². The van der Waals surface area contributed by atoms with Crippen LogP contribution in [0.5, 0.6) is 0 Å². The average molecular weight is 324 g/mol. The summed E-state index contributed by atoms with van der Waals surface area (Å²) in [5, 5.41) is 14.0. The molecule has 1 aromatic carbocycles. The minimum atomic E-state index is -0.477. The zero-order valence-corrected chi connectivity index (χ0v) is 12.6. The van der Waals surface area contributed by atoms with Crippen molar-refractivity contribution in [3.05, 3.63) is 74.7 Å². The second-order valence-electron chi connectivity index (χ2n) is 5.15. The van der Waals surface area contributed by atoms with Crippen LogP contribution in [0.1, 0.15) is 10.4 Å². The zero-order valence-electron chi connectivity index (χ0n) is 12.6. The molecule has 2 aromatic heterocycles. The van der Waals surface area contributed by atoms with Crippen LogP contribution in [0.3, 0.4) is 0 Å². The standard InChI is InChI=1S/C16H12N4O4/c1-19-9-11(3-7-15(19)21)16(22)18-14-6-2-10-8-12(20(23)24)4-5-13(10)17-14/h2-9H,1H3,(H,17,18,22). The number of nitro groups is 1. The number of anilines is 1. The number of nitrogens with zero attached hydrogens (tertiary/aromatic N) is 3. The van der Waals surface area contributed by atoms with Gasteiger partial charge in [-0.2, -0.15) is 0 Å². The van der Waals surface area contributed by atoms with Crippen molar-refractivity contribution in [2.45, 2.75) is 0 Å². The molecule has 0 radical (unpaired) electrons. The minimum absolute atomic E-state index is 0.0220. The van der Waals surface area contributed by atoms with Crippen molar-refractivity contribution in [3.63, 3.8) is 0 Å². The fraction of sp³-hybridized carbons (Fsp3) is 0.0625. The second kappa shape index (κ2) is 5.92. The lowest BCUT2D eigenvalue weighted by atomic mass is 10.2. The second-order valence-corrected chi connectivity index (χ2v) is 5.15. The molecule has 8 nitrogen and oxygen atoms in total. The quantitative estimate of drug-likeness (QED) is 0.586. The highest BCUT2D eigenvalue weighted by atomic mass is 16.6. The number of hydrogen-bond donors (Lipinski definition) is 1. The number of non-ortho nitro benzene ring substituents is 1. The summed E-state index contributed by atoms with van der Waals surface area (Å²) in [5.41, 5.74) is 0.616. The van der Waals surface area contributed by atoms with E-state index in [1.165, 1.54) is 41.1 Å². The topological polar surface area (TPSA) is 107 Å². The molecule has 0 fully saturated rings. The fourth-order valence-corrected chi connectivity index (χ4v) is 2.21. The maximum absolute atomic E-state index is 12.2. The molecule has 0 spiro atoms. The summed E-state index contributed by atoms with van der Waals surface area (Å²) in [6.07, 6.45) is 1.43. The normalized spacial score (nSPS) is 10.5. The summed E-state index contributed by atoms with van der Waals surface area (Å²) in [7, 11) is 1.56. The maximum Gasteiger partial charge on any atom is 0.270 e. The molecule has 1 amide bonds. The van der Waals surface area contributed by atoms with Gasteiger partial charge in [0.2, 0.25) is 5.56 Å². The zero-order chi connectivity index (χ0) is 17.3. The van der Waals surface area contributed by atoms with Crippen LogP contribution in [0.15, 0.2) is 53.5 Å². The first-order valence-corrected chi connectivity index (χ1v) is 6.97. The van der Waals surface area contributed by atoms with Crippen molar-refractivity contribution < 1.29 is 9.72 Å². The smallest absolute Gasteiger partial charge is 0.270 e. The van der Waals surface area contributed by atoms with Gasteiger partial charge in [-0.25, -0.2) is 4.98 Å². The molecule has 1 N–H and O–H groups in total. The lowest BCUT2D eigenvalue weighted by Gasteiger charge is -2.06. The molecule has 120 valence electrons. The Bertz CT molecular complexity index is 1030. The van der Waals surface area contributed by atoms with Crippen LogP contribution in [0.2, 0.25) is 0 Å². The molecular formula is C16H12N4O4. The van der Waals surface area contributed by atoms with Gasteiger partial charge >= 0.3 is 0 Å². The van der Waals surface area contributed by atoms with Gasteiger partial charge in [0.25, 0.3) is 11.6 Å². The molecule has 0 aliphatic carbocycles. The monoisotopic (exact) mass is 324 g/mol. The van der Waals surface area contributed by atoms with Crippen LogP contribution in [0.25, 0.3) is 10.9 Å². The number of hydrogen-bond acceptors (Lipinski definition) is 5. The van der Waals surface area contributed by atoms with Gasteiger partial charge in [0.1, 0.15) is 5.82 Å². The Labute approximate surface area is 135 Å². The number of carbonyl (C=O) groups is 1. The number of rotatable bonds is 3. The first kappa shape index (κ1) is 15.3. The number of aryl methyl sites for hydroxylation is 1. The Kier molecular flexibility index (Phi) is 3.78. The fourth-order valence-electron chi connectivity index (χ4n) is 2.21. The van der Waals surface area contributed by atoms with Gasteiger partial charge in [0.15, 0.2) is 0 Å². The Balaban J connectivity index is 1.88. The summed E-state index contributed by atoms with van der Waals surface area (Å²) >= 11 is 0. The number of carbonyl (C=O) groups excluding carboxylic acids is 1. The molecule has 24 heavy (non-hydrogen) atoms. The van der Waals surface area contributed by atoms with E-state index in [9.17, 15) is 19.7 Å². The molecule has 0 aliphatic heterocycles. The van der Waals surface area contributed by atoms with Crippen molar-refractivity contribution in [1.29, 1.82) is 0 Å². The number of amides is 1. The van der Waals surface area contributed by atoms with Crippen LogP contribution in [-0.4, -0.2) is 20.4 Å². The SMILES string of the molecule is Cn1cc(C(=O)Nc2ccc3cc([N+](=O)[O-])ccc3n2)ccc1=O. The van der Waals surface area contributed by atoms with Crippen LogP contribution < -0.4 is 10.9 Å². The highest BCUT2D eigenvalue weighted by molar-refractivity contribution is 6.04. The van der Waals surface area contributed by atoms with E-state index < -0.39 is 10.8 Å². The van der Waals surface area contributed by atoms with E-state index in [0.29, 0.717) is 22.3 Å². The summed E-state index contributed by atoms with van der Waals surface area (Å²) in [6, 6.07) is 10.2. The molecule has 3 aromatic rings. The minimum Gasteiger partial charge on any atom is -0.318 e. The van der Waals surface area contributed by atoms with E-state index in [1.807, 2.05) is 0 Å². The molecule has 3 rings (SSSR count). The lowest BCUT2D eigenvalue weighted by molar-refractivity contribution is -0.384. The Hall–Kier alpha value is -3.55. The molecule has 0 atom stereocenters. The van der Waals surface area contributed by atoms with E-state index in [0.717, 1.165) is 0 Å². The molecular weight excluding hydrogens is 312 g/mol. The van der Waals surface area contributed by atoms with E-state index in [4.69, 9.17) is 0 Å². The van der Waals surface area contributed by atoms with Gasteiger partial charge < -0.3 is 9.88 Å². The van der Waals surface area contributed by atoms with Crippen LogP contribution in [0, 0.1) is 10.1 Å². The lowest BCUT2D eigenvalue weighted by Crippen LogP contribution is -2.19. The molecule has 0 saturated carbocycles. The predicted molar refractivity (Wildman–Crippen MR) is 88.0 cm³/mol. The van der Waals surface area contributed by atoms with Crippen LogP contribution in [-0.2, 0) is 7.05 Å². The van der Waals surface area contributed by atoms with Crippen molar-refractivity contribution >= 4 is 28.3 Å². The highest BCUT2D eigenvalue weighted by Crippen LogP contribution is 2.21. The molecule has 0 aliphatic rings. The Morgan fingerprint density at radius 2 is 2.00 bits per heavy atom. The van der Waals surface area contributed by atoms with E-state index in [-0.39, 0.29) is 11.2 Å². The number of nitro benzene ring substituents is 1. The first-order valence-electron chi connectivity index (χ1n) is 6.97. The summed E-state index contributed by atoms with van der Waals surface area (Å²) < 4.78 is 1.31. The Morgan fingerprint density at radius 1 is 1.21 bits per heavy atom. The molecule has 0 bridgehead atoms. The number of fused-ring (bicyclic) bond motifs is 1. The number of pyridine rings is 2. The van der Waals surface area contributed by atoms with Gasteiger partial charge in [0, 0.05) is 36.8 Å². The third-order valence-corrected chi connectivity index (χ3v) is 3.47. The molecule has 2 heterocycles. The van der Waals surface area contributed by atoms with Crippen LogP contribution in [0.4, 0.5) is 11.5 Å². The maximum atomic E-state index is 12.2. The predicted octanol–water partition coefficient (Wildman–Crippen LogP) is 2.09. The van der Waals surface area contributed by atoms with Gasteiger partial charge in [-0.3, -0.25) is 19.7 Å². The summed E-state index contributed by atoms with van der Waals surface area (Å²) in [6.45, 7) is 0. The van der Waals surface area contributed by atoms with E-state index >= 15 is 0 Å². The molecule has 0 unspecified atom stereocenters. The van der Waals surface area contributed by atoms with Crippen molar-refractivity contribution in [1.82, 2.24) is 9.55 Å².